The molecular formula is C14H18N2O3S. The van der Waals surface area contributed by atoms with Gasteiger partial charge < -0.3 is 15.0 Å². The molecule has 3 rings (SSSR count). The van der Waals surface area contributed by atoms with Crippen LogP contribution in [0.3, 0.4) is 0 Å². The van der Waals surface area contributed by atoms with Crippen LogP contribution < -0.4 is 5.32 Å². The topological polar surface area (TPSA) is 71.3 Å². The summed E-state index contributed by atoms with van der Waals surface area (Å²) < 4.78 is 25.9. The second kappa shape index (κ2) is 4.49. The van der Waals surface area contributed by atoms with E-state index in [1.807, 2.05) is 17.6 Å². The number of hydrogen-bond donors (Lipinski definition) is 2. The molecule has 1 aliphatic heterocycles. The molecule has 20 heavy (non-hydrogen) atoms. The standard InChI is InChI=1S/C14H18N2O3S/c1-3-9-6-10-11-8-15-4-5-16(11)14(17)13(10)12(7-9)20(2,18)19/h6-7,15,17H,3-5,8H2,1-2H3. The highest BCUT2D eigenvalue weighted by molar-refractivity contribution is 7.91. The molecule has 0 spiro atoms. The van der Waals surface area contributed by atoms with Crippen LogP contribution in [0.25, 0.3) is 10.8 Å². The normalized spacial score (nSPS) is 15.5. The van der Waals surface area contributed by atoms with E-state index in [9.17, 15) is 13.5 Å². The maximum atomic E-state index is 12.0. The summed E-state index contributed by atoms with van der Waals surface area (Å²) in [4.78, 5) is 0.228. The number of aryl methyl sites for hydroxylation is 1. The lowest BCUT2D eigenvalue weighted by atomic mass is 10.1. The Morgan fingerprint density at radius 2 is 2.15 bits per heavy atom. The predicted molar refractivity (Wildman–Crippen MR) is 77.8 cm³/mol. The fourth-order valence-electron chi connectivity index (χ4n) is 2.86. The van der Waals surface area contributed by atoms with Crippen LogP contribution in [0.5, 0.6) is 5.88 Å². The maximum Gasteiger partial charge on any atom is 0.200 e. The predicted octanol–water partition coefficient (Wildman–Crippen LogP) is 1.42. The molecule has 6 heteroatoms. The minimum absolute atomic E-state index is 0.0691. The van der Waals surface area contributed by atoms with Crippen molar-refractivity contribution in [3.8, 4) is 5.88 Å². The van der Waals surface area contributed by atoms with E-state index in [1.54, 1.807) is 6.07 Å². The monoisotopic (exact) mass is 294 g/mol. The molecule has 1 aromatic heterocycles. The molecule has 0 fully saturated rings. The molecule has 0 saturated heterocycles. The van der Waals surface area contributed by atoms with E-state index in [-0.39, 0.29) is 10.8 Å². The number of hydrogen-bond acceptors (Lipinski definition) is 4. The summed E-state index contributed by atoms with van der Waals surface area (Å²) in [5.41, 5.74) is 1.93. The van der Waals surface area contributed by atoms with Crippen molar-refractivity contribution in [3.05, 3.63) is 23.4 Å². The molecule has 1 aromatic carbocycles. The van der Waals surface area contributed by atoms with Gasteiger partial charge in [-0.05, 0) is 24.1 Å². The Hall–Kier alpha value is -1.53. The van der Waals surface area contributed by atoms with Crippen molar-refractivity contribution in [1.29, 1.82) is 0 Å². The third-order valence-corrected chi connectivity index (χ3v) is 5.01. The zero-order valence-electron chi connectivity index (χ0n) is 11.6. The number of sulfone groups is 1. The fraction of sp³-hybridized carbons (Fsp3) is 0.429. The van der Waals surface area contributed by atoms with E-state index < -0.39 is 9.84 Å². The van der Waals surface area contributed by atoms with Gasteiger partial charge >= 0.3 is 0 Å². The molecular weight excluding hydrogens is 276 g/mol. The highest BCUT2D eigenvalue weighted by Crippen LogP contribution is 2.38. The van der Waals surface area contributed by atoms with E-state index >= 15 is 0 Å². The summed E-state index contributed by atoms with van der Waals surface area (Å²) in [7, 11) is -3.38. The lowest BCUT2D eigenvalue weighted by Gasteiger charge is -2.17. The van der Waals surface area contributed by atoms with Crippen molar-refractivity contribution in [1.82, 2.24) is 9.88 Å². The van der Waals surface area contributed by atoms with Gasteiger partial charge in [0.05, 0.1) is 10.3 Å². The van der Waals surface area contributed by atoms with E-state index in [2.05, 4.69) is 5.32 Å². The molecule has 0 radical (unpaired) electrons. The van der Waals surface area contributed by atoms with Crippen molar-refractivity contribution in [3.63, 3.8) is 0 Å². The average Bonchev–Trinajstić information content (AvgIpc) is 2.71. The number of fused-ring (bicyclic) bond motifs is 3. The van der Waals surface area contributed by atoms with Crippen molar-refractivity contribution < 1.29 is 13.5 Å². The van der Waals surface area contributed by atoms with Crippen molar-refractivity contribution >= 4 is 20.6 Å². The molecule has 2 N–H and O–H groups in total. The molecule has 0 unspecified atom stereocenters. The summed E-state index contributed by atoms with van der Waals surface area (Å²) in [5, 5.41) is 15.0. The van der Waals surface area contributed by atoms with Gasteiger partial charge in [0.1, 0.15) is 0 Å². The number of nitrogens with zero attached hydrogens (tertiary/aromatic N) is 1. The number of nitrogens with one attached hydrogen (secondary N) is 1. The molecule has 108 valence electrons. The van der Waals surface area contributed by atoms with Gasteiger partial charge in [0.15, 0.2) is 9.84 Å². The van der Waals surface area contributed by atoms with Gasteiger partial charge in [0.2, 0.25) is 5.88 Å². The van der Waals surface area contributed by atoms with Crippen LogP contribution in [-0.4, -0.2) is 30.9 Å². The lowest BCUT2D eigenvalue weighted by Crippen LogP contribution is -2.27. The summed E-state index contributed by atoms with van der Waals surface area (Å²) in [6.45, 7) is 4.07. The first-order chi connectivity index (χ1) is 9.43. The van der Waals surface area contributed by atoms with Crippen LogP contribution in [0.4, 0.5) is 0 Å². The Kier molecular flexibility index (Phi) is 3.02. The molecule has 0 saturated carbocycles. The van der Waals surface area contributed by atoms with Crippen LogP contribution in [-0.2, 0) is 29.3 Å². The summed E-state index contributed by atoms with van der Waals surface area (Å²) >= 11 is 0. The van der Waals surface area contributed by atoms with Gasteiger partial charge in [-0.1, -0.05) is 6.92 Å². The highest BCUT2D eigenvalue weighted by atomic mass is 32.2. The minimum Gasteiger partial charge on any atom is -0.494 e. The zero-order chi connectivity index (χ0) is 14.5. The maximum absolute atomic E-state index is 12.0. The molecule has 0 amide bonds. The van der Waals surface area contributed by atoms with Gasteiger partial charge in [0.25, 0.3) is 0 Å². The summed E-state index contributed by atoms with van der Waals surface area (Å²) in [6.07, 6.45) is 1.95. The average molecular weight is 294 g/mol. The van der Waals surface area contributed by atoms with E-state index in [4.69, 9.17) is 0 Å². The van der Waals surface area contributed by atoms with Gasteiger partial charge in [0, 0.05) is 37.0 Å². The first-order valence-electron chi connectivity index (χ1n) is 6.71. The Morgan fingerprint density at radius 1 is 1.40 bits per heavy atom. The minimum atomic E-state index is -3.38. The SMILES string of the molecule is CCc1cc(S(C)(=O)=O)c2c(O)n3c(c2c1)CNCC3. The zero-order valence-corrected chi connectivity index (χ0v) is 12.4. The molecule has 5 nitrogen and oxygen atoms in total. The lowest BCUT2D eigenvalue weighted by molar-refractivity contribution is 0.395. The molecule has 0 atom stereocenters. The Labute approximate surface area is 118 Å². The van der Waals surface area contributed by atoms with Crippen LogP contribution in [0.1, 0.15) is 18.2 Å². The van der Waals surface area contributed by atoms with E-state index in [0.29, 0.717) is 18.5 Å². The Morgan fingerprint density at radius 3 is 2.80 bits per heavy atom. The number of benzene rings is 1. The molecule has 1 aliphatic rings. The van der Waals surface area contributed by atoms with E-state index in [1.165, 1.54) is 6.26 Å². The third-order valence-electron chi connectivity index (χ3n) is 3.89. The van der Waals surface area contributed by atoms with Crippen molar-refractivity contribution in [2.45, 2.75) is 31.3 Å². The number of aromatic hydroxyl groups is 1. The fourth-order valence-corrected chi connectivity index (χ4v) is 3.80. The number of aromatic nitrogens is 1. The van der Waals surface area contributed by atoms with Gasteiger partial charge in [-0.25, -0.2) is 8.42 Å². The third kappa shape index (κ3) is 1.91. The van der Waals surface area contributed by atoms with Crippen LogP contribution in [0.15, 0.2) is 17.0 Å². The second-order valence-electron chi connectivity index (χ2n) is 5.24. The van der Waals surface area contributed by atoms with Gasteiger partial charge in [-0.3, -0.25) is 0 Å². The van der Waals surface area contributed by atoms with Crippen molar-refractivity contribution in [2.24, 2.45) is 0 Å². The second-order valence-corrected chi connectivity index (χ2v) is 7.23. The molecule has 0 bridgehead atoms. The van der Waals surface area contributed by atoms with Crippen LogP contribution in [0, 0.1) is 0 Å². The van der Waals surface area contributed by atoms with Gasteiger partial charge in [-0.2, -0.15) is 0 Å². The molecule has 2 aromatic rings. The first kappa shape index (κ1) is 13.5. The van der Waals surface area contributed by atoms with Crippen LogP contribution >= 0.6 is 0 Å². The largest absolute Gasteiger partial charge is 0.494 e. The number of rotatable bonds is 2. The molecule has 0 aliphatic carbocycles. The van der Waals surface area contributed by atoms with Crippen molar-refractivity contribution in [2.75, 3.05) is 12.8 Å². The first-order valence-corrected chi connectivity index (χ1v) is 8.60. The Balaban J connectivity index is 2.47. The van der Waals surface area contributed by atoms with Crippen LogP contribution in [0.2, 0.25) is 0 Å². The van der Waals surface area contributed by atoms with E-state index in [0.717, 1.165) is 29.6 Å². The summed E-state index contributed by atoms with van der Waals surface area (Å²) in [6, 6.07) is 3.67. The smallest absolute Gasteiger partial charge is 0.200 e. The Bertz CT molecular complexity index is 791. The highest BCUT2D eigenvalue weighted by Gasteiger charge is 2.25. The quantitative estimate of drug-likeness (QED) is 0.878. The van der Waals surface area contributed by atoms with Gasteiger partial charge in [-0.15, -0.1) is 0 Å². The summed E-state index contributed by atoms with van der Waals surface area (Å²) in [5.74, 6) is 0.0691. The molecule has 2 heterocycles.